The molecular weight excluding hydrogens is 380 g/mol. The van der Waals surface area contributed by atoms with Crippen LogP contribution < -0.4 is 4.74 Å². The number of aromatic hydroxyl groups is 1. The second kappa shape index (κ2) is 8.54. The molecular formula is C16H16N2O8S. The summed E-state index contributed by atoms with van der Waals surface area (Å²) in [4.78, 5) is 46.9. The third kappa shape index (κ3) is 4.56. The quantitative estimate of drug-likeness (QED) is 0.318. The van der Waals surface area contributed by atoms with Gasteiger partial charge in [-0.2, -0.15) is 0 Å². The minimum Gasteiger partial charge on any atom is -0.500 e. The van der Waals surface area contributed by atoms with Crippen LogP contribution in [-0.2, 0) is 14.3 Å². The number of nitro groups is 1. The van der Waals surface area contributed by atoms with Crippen LogP contribution in [0.4, 0.5) is 10.5 Å². The number of ether oxygens (including phenoxy) is 2. The number of nitro benzene ring substituents is 1. The fourth-order valence-electron chi connectivity index (χ4n) is 2.23. The number of rotatable bonds is 7. The van der Waals surface area contributed by atoms with Crippen molar-refractivity contribution in [3.8, 4) is 11.5 Å². The van der Waals surface area contributed by atoms with E-state index in [1.807, 2.05) is 0 Å². The van der Waals surface area contributed by atoms with Crippen molar-refractivity contribution >= 4 is 40.6 Å². The monoisotopic (exact) mass is 396 g/mol. The van der Waals surface area contributed by atoms with Gasteiger partial charge in [0.2, 0.25) is 5.75 Å². The Hall–Kier alpha value is -3.08. The second-order valence-electron chi connectivity index (χ2n) is 5.15. The maximum atomic E-state index is 12.4. The number of imide groups is 1. The molecule has 11 heteroatoms. The lowest BCUT2D eigenvalue weighted by Gasteiger charge is -2.10. The third-order valence-electron chi connectivity index (χ3n) is 3.34. The summed E-state index contributed by atoms with van der Waals surface area (Å²) in [7, 11) is 0. The van der Waals surface area contributed by atoms with Crippen molar-refractivity contribution in [1.82, 2.24) is 4.90 Å². The molecule has 0 aromatic heterocycles. The fraction of sp³-hybridized carbons (Fsp3) is 0.312. The molecule has 0 saturated carbocycles. The van der Waals surface area contributed by atoms with E-state index in [1.54, 1.807) is 13.8 Å². The molecule has 27 heavy (non-hydrogen) atoms. The number of amides is 2. The van der Waals surface area contributed by atoms with Crippen LogP contribution in [0.1, 0.15) is 19.4 Å². The molecule has 0 unspecified atom stereocenters. The van der Waals surface area contributed by atoms with E-state index in [2.05, 4.69) is 0 Å². The Labute approximate surface area is 157 Å². The maximum Gasteiger partial charge on any atom is 0.326 e. The van der Waals surface area contributed by atoms with E-state index in [4.69, 9.17) is 9.47 Å². The van der Waals surface area contributed by atoms with Crippen molar-refractivity contribution in [2.45, 2.75) is 13.8 Å². The van der Waals surface area contributed by atoms with Crippen molar-refractivity contribution < 1.29 is 33.9 Å². The summed E-state index contributed by atoms with van der Waals surface area (Å²) in [5.41, 5.74) is -0.414. The lowest BCUT2D eigenvalue weighted by molar-refractivity contribution is -0.386. The molecule has 1 heterocycles. The van der Waals surface area contributed by atoms with Crippen LogP contribution >= 0.6 is 11.8 Å². The Morgan fingerprint density at radius 2 is 2.04 bits per heavy atom. The molecule has 0 radical (unpaired) electrons. The van der Waals surface area contributed by atoms with Gasteiger partial charge < -0.3 is 14.6 Å². The van der Waals surface area contributed by atoms with Crippen molar-refractivity contribution in [3.63, 3.8) is 0 Å². The molecule has 1 fully saturated rings. The molecule has 1 N–H and O–H groups in total. The molecule has 2 amide bonds. The van der Waals surface area contributed by atoms with Gasteiger partial charge in [-0.25, -0.2) is 0 Å². The molecule has 0 aliphatic carbocycles. The van der Waals surface area contributed by atoms with E-state index < -0.39 is 40.0 Å². The number of phenolic OH excluding ortho intramolecular Hbond substituents is 1. The molecule has 1 aromatic carbocycles. The van der Waals surface area contributed by atoms with Gasteiger partial charge in [0.05, 0.1) is 23.0 Å². The van der Waals surface area contributed by atoms with Crippen LogP contribution in [0.5, 0.6) is 11.5 Å². The van der Waals surface area contributed by atoms with Crippen molar-refractivity contribution in [2.75, 3.05) is 19.8 Å². The first-order valence-corrected chi connectivity index (χ1v) is 8.65. The summed E-state index contributed by atoms with van der Waals surface area (Å²) >= 11 is 0.592. The van der Waals surface area contributed by atoms with Crippen LogP contribution in [0.25, 0.3) is 6.08 Å². The molecule has 1 aliphatic rings. The van der Waals surface area contributed by atoms with Gasteiger partial charge in [0.15, 0.2) is 5.75 Å². The number of hydrogen-bond acceptors (Lipinski definition) is 9. The van der Waals surface area contributed by atoms with Crippen LogP contribution in [0.3, 0.4) is 0 Å². The molecule has 0 spiro atoms. The Kier molecular flexibility index (Phi) is 6.40. The predicted molar refractivity (Wildman–Crippen MR) is 95.2 cm³/mol. The highest BCUT2D eigenvalue weighted by molar-refractivity contribution is 8.18. The molecule has 1 aromatic rings. The van der Waals surface area contributed by atoms with Gasteiger partial charge in [-0.15, -0.1) is 0 Å². The van der Waals surface area contributed by atoms with E-state index in [9.17, 15) is 29.6 Å². The van der Waals surface area contributed by atoms with Gasteiger partial charge in [0, 0.05) is 6.07 Å². The molecule has 1 saturated heterocycles. The van der Waals surface area contributed by atoms with Crippen LogP contribution in [0.15, 0.2) is 17.0 Å². The molecule has 1 aliphatic heterocycles. The molecule has 0 atom stereocenters. The zero-order valence-electron chi connectivity index (χ0n) is 14.5. The number of phenols is 1. The van der Waals surface area contributed by atoms with E-state index >= 15 is 0 Å². The van der Waals surface area contributed by atoms with E-state index in [0.29, 0.717) is 11.8 Å². The largest absolute Gasteiger partial charge is 0.500 e. The molecule has 0 bridgehead atoms. The first-order valence-electron chi connectivity index (χ1n) is 7.83. The number of carbonyl (C=O) groups is 3. The lowest BCUT2D eigenvalue weighted by atomic mass is 10.1. The highest BCUT2D eigenvalue weighted by Crippen LogP contribution is 2.39. The van der Waals surface area contributed by atoms with Gasteiger partial charge in [-0.1, -0.05) is 0 Å². The number of hydrogen-bond donors (Lipinski definition) is 1. The van der Waals surface area contributed by atoms with Gasteiger partial charge >= 0.3 is 11.7 Å². The minimum absolute atomic E-state index is 0.0215. The maximum absolute atomic E-state index is 12.4. The Balaban J connectivity index is 2.35. The first kappa shape index (κ1) is 20.2. The molecule has 10 nitrogen and oxygen atoms in total. The molecule has 2 rings (SSSR count). The van der Waals surface area contributed by atoms with Crippen molar-refractivity contribution in [2.24, 2.45) is 0 Å². The van der Waals surface area contributed by atoms with E-state index in [0.717, 1.165) is 11.0 Å². The summed E-state index contributed by atoms with van der Waals surface area (Å²) in [5.74, 6) is -2.19. The Morgan fingerprint density at radius 3 is 2.63 bits per heavy atom. The summed E-state index contributed by atoms with van der Waals surface area (Å²) < 4.78 is 9.89. The number of nitrogens with zero attached hydrogens (tertiary/aromatic N) is 2. The smallest absolute Gasteiger partial charge is 0.326 e. The molecule has 144 valence electrons. The Bertz CT molecular complexity index is 836. The van der Waals surface area contributed by atoms with Crippen molar-refractivity contribution in [3.05, 3.63) is 32.7 Å². The Morgan fingerprint density at radius 1 is 1.33 bits per heavy atom. The number of esters is 1. The van der Waals surface area contributed by atoms with Crippen LogP contribution in [-0.4, -0.2) is 51.8 Å². The summed E-state index contributed by atoms with van der Waals surface area (Å²) in [6.07, 6.45) is 1.25. The topological polar surface area (TPSA) is 136 Å². The average molecular weight is 396 g/mol. The van der Waals surface area contributed by atoms with Crippen molar-refractivity contribution in [1.29, 1.82) is 0 Å². The normalized spacial score (nSPS) is 15.3. The fourth-order valence-corrected chi connectivity index (χ4v) is 3.06. The highest BCUT2D eigenvalue weighted by atomic mass is 32.2. The van der Waals surface area contributed by atoms with Gasteiger partial charge in [0.25, 0.3) is 11.1 Å². The average Bonchev–Trinajstić information content (AvgIpc) is 2.85. The van der Waals surface area contributed by atoms with Crippen LogP contribution in [0, 0.1) is 10.1 Å². The first-order chi connectivity index (χ1) is 12.8. The lowest BCUT2D eigenvalue weighted by Crippen LogP contribution is -2.34. The zero-order chi connectivity index (χ0) is 20.1. The highest BCUT2D eigenvalue weighted by Gasteiger charge is 2.36. The SMILES string of the molecule is CCOC(=O)CN1C(=O)S/C(=C/c2cc(OCC)c(O)c([N+](=O)[O-])c2)C1=O. The number of benzene rings is 1. The predicted octanol–water partition coefficient (Wildman–Crippen LogP) is 2.30. The summed E-state index contributed by atoms with van der Waals surface area (Å²) in [6, 6.07) is 2.36. The van der Waals surface area contributed by atoms with Crippen LogP contribution in [0.2, 0.25) is 0 Å². The summed E-state index contributed by atoms with van der Waals surface area (Å²) in [5, 5.41) is 20.3. The van der Waals surface area contributed by atoms with E-state index in [1.165, 1.54) is 12.1 Å². The van der Waals surface area contributed by atoms with Gasteiger partial charge in [0.1, 0.15) is 6.54 Å². The van der Waals surface area contributed by atoms with Gasteiger partial charge in [-0.3, -0.25) is 29.4 Å². The standard InChI is InChI=1S/C16H16N2O8S/c1-3-25-11-6-9(5-10(14(11)20)18(23)24)7-12-15(21)17(16(22)27-12)8-13(19)26-4-2/h5-7,20H,3-4,8H2,1-2H3/b12-7+. The van der Waals surface area contributed by atoms with Gasteiger partial charge in [-0.05, 0) is 43.3 Å². The number of carbonyl (C=O) groups excluding carboxylic acids is 3. The minimum atomic E-state index is -0.790. The van der Waals surface area contributed by atoms with E-state index in [-0.39, 0.29) is 29.4 Å². The third-order valence-corrected chi connectivity index (χ3v) is 4.24. The zero-order valence-corrected chi connectivity index (χ0v) is 15.3. The number of thioether (sulfide) groups is 1. The summed E-state index contributed by atoms with van der Waals surface area (Å²) in [6.45, 7) is 2.99. The second-order valence-corrected chi connectivity index (χ2v) is 6.14.